The van der Waals surface area contributed by atoms with Crippen LogP contribution in [0.15, 0.2) is 75.9 Å². The maximum atomic E-state index is 13.8. The minimum absolute atomic E-state index is 0.0138. The fraction of sp³-hybridized carbons (Fsp3) is 0.0500. The van der Waals surface area contributed by atoms with Gasteiger partial charge in [0.25, 0.3) is 11.5 Å². The molecule has 0 bridgehead atoms. The average molecular weight is 411 g/mol. The van der Waals surface area contributed by atoms with Crippen LogP contribution < -0.4 is 10.9 Å². The number of fused-ring (bicyclic) bond motifs is 1. The molecular formula is C20H14FN3O2S2. The number of rotatable bonds is 5. The number of para-hydroxylation sites is 1. The van der Waals surface area contributed by atoms with Crippen molar-refractivity contribution in [2.24, 2.45) is 0 Å². The summed E-state index contributed by atoms with van der Waals surface area (Å²) in [6.45, 7) is 0. The van der Waals surface area contributed by atoms with Gasteiger partial charge in [0.1, 0.15) is 5.82 Å². The van der Waals surface area contributed by atoms with Gasteiger partial charge in [-0.25, -0.2) is 9.37 Å². The summed E-state index contributed by atoms with van der Waals surface area (Å²) in [5, 5.41) is 4.57. The Balaban J connectivity index is 1.53. The Morgan fingerprint density at radius 2 is 1.96 bits per heavy atom. The number of halogens is 1. The largest absolute Gasteiger partial charge is 0.321 e. The third-order valence-electron chi connectivity index (χ3n) is 3.99. The molecule has 4 aromatic rings. The van der Waals surface area contributed by atoms with E-state index in [0.717, 1.165) is 4.90 Å². The number of benzene rings is 2. The zero-order valence-corrected chi connectivity index (χ0v) is 16.1. The number of hydrogen-bond acceptors (Lipinski definition) is 5. The highest BCUT2D eigenvalue weighted by Gasteiger charge is 2.13. The highest BCUT2D eigenvalue weighted by Crippen LogP contribution is 2.30. The third kappa shape index (κ3) is 3.83. The molecular weight excluding hydrogens is 397 g/mol. The minimum Gasteiger partial charge on any atom is -0.321 e. The van der Waals surface area contributed by atoms with E-state index in [1.54, 1.807) is 24.4 Å². The Kier molecular flexibility index (Phi) is 5.23. The van der Waals surface area contributed by atoms with Gasteiger partial charge in [-0.3, -0.25) is 14.0 Å². The van der Waals surface area contributed by atoms with E-state index >= 15 is 0 Å². The number of hydrogen-bond donors (Lipinski definition) is 1. The number of anilines is 1. The summed E-state index contributed by atoms with van der Waals surface area (Å²) in [6, 6.07) is 14.6. The molecule has 2 heterocycles. The molecule has 5 nitrogen and oxygen atoms in total. The van der Waals surface area contributed by atoms with Crippen molar-refractivity contribution in [2.45, 2.75) is 10.6 Å². The molecule has 0 fully saturated rings. The van der Waals surface area contributed by atoms with Gasteiger partial charge in [-0.15, -0.1) is 23.1 Å². The molecule has 0 aliphatic heterocycles. The number of thiazole rings is 1. The van der Waals surface area contributed by atoms with Crippen LogP contribution in [0.5, 0.6) is 0 Å². The standard InChI is InChI=1S/C20H14FN3O2S2/c21-15-6-2-1-5-14(15)19(26)23-16-7-3-4-8-17(16)28-12-13-11-18(25)24-9-10-27-20(24)22-13/h1-11H,12H2,(H,23,26). The van der Waals surface area contributed by atoms with Gasteiger partial charge in [-0.1, -0.05) is 24.3 Å². The van der Waals surface area contributed by atoms with Crippen LogP contribution >= 0.6 is 23.1 Å². The lowest BCUT2D eigenvalue weighted by Crippen LogP contribution is -2.14. The maximum absolute atomic E-state index is 13.8. The van der Waals surface area contributed by atoms with Gasteiger partial charge in [-0.05, 0) is 24.3 Å². The summed E-state index contributed by atoms with van der Waals surface area (Å²) in [6.07, 6.45) is 1.69. The molecule has 8 heteroatoms. The Morgan fingerprint density at radius 1 is 1.18 bits per heavy atom. The number of thioether (sulfide) groups is 1. The second kappa shape index (κ2) is 7.95. The number of nitrogens with one attached hydrogen (secondary N) is 1. The van der Waals surface area contributed by atoms with Gasteiger partial charge >= 0.3 is 0 Å². The number of aromatic nitrogens is 2. The molecule has 0 saturated heterocycles. The van der Waals surface area contributed by atoms with Gasteiger partial charge < -0.3 is 5.32 Å². The lowest BCUT2D eigenvalue weighted by molar-refractivity contribution is 0.102. The molecule has 4 rings (SSSR count). The van der Waals surface area contributed by atoms with Gasteiger partial charge in [0.05, 0.1) is 16.9 Å². The van der Waals surface area contributed by atoms with E-state index in [2.05, 4.69) is 10.3 Å². The Hall–Kier alpha value is -2.97. The van der Waals surface area contributed by atoms with Crippen LogP contribution in [0.25, 0.3) is 4.96 Å². The molecule has 0 atom stereocenters. The van der Waals surface area contributed by atoms with Crippen molar-refractivity contribution in [2.75, 3.05) is 5.32 Å². The fourth-order valence-electron chi connectivity index (χ4n) is 2.64. The van der Waals surface area contributed by atoms with Gasteiger partial charge in [0, 0.05) is 28.3 Å². The molecule has 0 aliphatic carbocycles. The van der Waals surface area contributed by atoms with Crippen molar-refractivity contribution in [3.8, 4) is 0 Å². The molecule has 2 aromatic heterocycles. The normalized spacial score (nSPS) is 10.9. The Bertz CT molecular complexity index is 1220. The molecule has 0 radical (unpaired) electrons. The first-order chi connectivity index (χ1) is 13.6. The minimum atomic E-state index is -0.570. The lowest BCUT2D eigenvalue weighted by atomic mass is 10.2. The first kappa shape index (κ1) is 18.4. The van der Waals surface area contributed by atoms with E-state index in [1.807, 2.05) is 17.5 Å². The number of carbonyl (C=O) groups is 1. The van der Waals surface area contributed by atoms with Crippen molar-refractivity contribution in [3.05, 3.63) is 93.6 Å². The molecule has 0 spiro atoms. The van der Waals surface area contributed by atoms with Crippen molar-refractivity contribution in [1.29, 1.82) is 0 Å². The SMILES string of the molecule is O=C(Nc1ccccc1SCc1cc(=O)n2ccsc2n1)c1ccccc1F. The predicted octanol–water partition coefficient (Wildman–Crippen LogP) is 4.44. The lowest BCUT2D eigenvalue weighted by Gasteiger charge is -2.11. The summed E-state index contributed by atoms with van der Waals surface area (Å²) >= 11 is 2.84. The van der Waals surface area contributed by atoms with Crippen LogP contribution in [0.2, 0.25) is 0 Å². The molecule has 2 aromatic carbocycles. The van der Waals surface area contributed by atoms with Crippen LogP contribution in [0.3, 0.4) is 0 Å². The summed E-state index contributed by atoms with van der Waals surface area (Å²) in [4.78, 5) is 30.4. The number of carbonyl (C=O) groups excluding carboxylic acids is 1. The van der Waals surface area contributed by atoms with Crippen LogP contribution in [0.1, 0.15) is 16.1 Å². The molecule has 1 N–H and O–H groups in total. The van der Waals surface area contributed by atoms with Crippen LogP contribution in [0.4, 0.5) is 10.1 Å². The van der Waals surface area contributed by atoms with E-state index in [-0.39, 0.29) is 11.1 Å². The topological polar surface area (TPSA) is 63.5 Å². The Morgan fingerprint density at radius 3 is 2.82 bits per heavy atom. The van der Waals surface area contributed by atoms with Crippen molar-refractivity contribution in [3.63, 3.8) is 0 Å². The molecule has 28 heavy (non-hydrogen) atoms. The van der Waals surface area contributed by atoms with Gasteiger partial charge in [0.2, 0.25) is 0 Å². The molecule has 140 valence electrons. The van der Waals surface area contributed by atoms with Crippen LogP contribution in [0, 0.1) is 5.82 Å². The monoisotopic (exact) mass is 411 g/mol. The van der Waals surface area contributed by atoms with Crippen molar-refractivity contribution < 1.29 is 9.18 Å². The highest BCUT2D eigenvalue weighted by atomic mass is 32.2. The third-order valence-corrected chi connectivity index (χ3v) is 5.85. The molecule has 0 unspecified atom stereocenters. The van der Waals surface area contributed by atoms with E-state index in [4.69, 9.17) is 0 Å². The van der Waals surface area contributed by atoms with E-state index in [1.165, 1.54) is 51.8 Å². The smallest absolute Gasteiger partial charge is 0.258 e. The summed E-state index contributed by atoms with van der Waals surface area (Å²) in [5.41, 5.74) is 1.10. The van der Waals surface area contributed by atoms with Crippen LogP contribution in [-0.2, 0) is 5.75 Å². The zero-order chi connectivity index (χ0) is 19.5. The summed E-state index contributed by atoms with van der Waals surface area (Å²) < 4.78 is 15.3. The summed E-state index contributed by atoms with van der Waals surface area (Å²) in [5.74, 6) is -0.613. The second-order valence-electron chi connectivity index (χ2n) is 5.86. The number of amides is 1. The van der Waals surface area contributed by atoms with Gasteiger partial charge in [-0.2, -0.15) is 0 Å². The zero-order valence-electron chi connectivity index (χ0n) is 14.5. The Labute approximate surface area is 167 Å². The maximum Gasteiger partial charge on any atom is 0.258 e. The fourth-order valence-corrected chi connectivity index (χ4v) is 4.28. The van der Waals surface area contributed by atoms with E-state index < -0.39 is 11.7 Å². The molecule has 0 saturated carbocycles. The highest BCUT2D eigenvalue weighted by molar-refractivity contribution is 7.98. The average Bonchev–Trinajstić information content (AvgIpc) is 3.17. The number of nitrogens with zero attached hydrogens (tertiary/aromatic N) is 2. The first-order valence-electron chi connectivity index (χ1n) is 8.35. The van der Waals surface area contributed by atoms with E-state index in [9.17, 15) is 14.0 Å². The summed E-state index contributed by atoms with van der Waals surface area (Å²) in [7, 11) is 0. The van der Waals surface area contributed by atoms with Gasteiger partial charge in [0.15, 0.2) is 4.96 Å². The van der Waals surface area contributed by atoms with E-state index in [0.29, 0.717) is 22.1 Å². The molecule has 0 aliphatic rings. The van der Waals surface area contributed by atoms with Crippen molar-refractivity contribution >= 4 is 39.7 Å². The van der Waals surface area contributed by atoms with Crippen LogP contribution in [-0.4, -0.2) is 15.3 Å². The second-order valence-corrected chi connectivity index (χ2v) is 7.75. The first-order valence-corrected chi connectivity index (χ1v) is 10.2. The van der Waals surface area contributed by atoms with Crippen molar-refractivity contribution in [1.82, 2.24) is 9.38 Å². The molecule has 1 amide bonds. The predicted molar refractivity (Wildman–Crippen MR) is 110 cm³/mol. The quantitative estimate of drug-likeness (QED) is 0.493.